The molecular weight excluding hydrogens is 368 g/mol. The lowest BCUT2D eigenvalue weighted by Crippen LogP contribution is -2.14. The number of aryl methyl sites for hydroxylation is 2. The van der Waals surface area contributed by atoms with Crippen LogP contribution in [0, 0.1) is 0 Å². The SMILES string of the molecule is C=C(N=NN)c1c(CCC)nn2c(=O)cc(-c3ccc4c(cnn4CC)c3)[nH]c12. The first kappa shape index (κ1) is 18.6. The normalized spacial score (nSPS) is 11.8. The van der Waals surface area contributed by atoms with Gasteiger partial charge < -0.3 is 10.8 Å². The average Bonchev–Trinajstić information content (AvgIpc) is 3.29. The lowest BCUT2D eigenvalue weighted by atomic mass is 10.1. The number of aromatic amines is 1. The van der Waals surface area contributed by atoms with Gasteiger partial charge in [0.2, 0.25) is 0 Å². The fourth-order valence-electron chi connectivity index (χ4n) is 3.58. The van der Waals surface area contributed by atoms with Gasteiger partial charge in [0.05, 0.1) is 34.4 Å². The van der Waals surface area contributed by atoms with Crippen LogP contribution in [0.15, 0.2) is 52.2 Å². The molecule has 4 aromatic rings. The second-order valence-corrected chi connectivity index (χ2v) is 6.75. The maximum Gasteiger partial charge on any atom is 0.274 e. The smallest absolute Gasteiger partial charge is 0.274 e. The molecule has 0 saturated carbocycles. The van der Waals surface area contributed by atoms with Crippen molar-refractivity contribution in [1.82, 2.24) is 24.4 Å². The molecule has 148 valence electrons. The summed E-state index contributed by atoms with van der Waals surface area (Å²) in [4.78, 5) is 16.1. The van der Waals surface area contributed by atoms with Crippen molar-refractivity contribution in [2.45, 2.75) is 33.2 Å². The van der Waals surface area contributed by atoms with E-state index in [0.29, 0.717) is 29.0 Å². The molecule has 0 fully saturated rings. The Bertz CT molecular complexity index is 1310. The molecule has 3 heterocycles. The molecular formula is C20H22N8O. The topological polar surface area (TPSA) is 119 Å². The molecule has 1 aromatic carbocycles. The van der Waals surface area contributed by atoms with Gasteiger partial charge in [-0.2, -0.15) is 14.7 Å². The van der Waals surface area contributed by atoms with Crippen molar-refractivity contribution in [1.29, 1.82) is 0 Å². The highest BCUT2D eigenvalue weighted by Crippen LogP contribution is 2.27. The number of hydrogen-bond donors (Lipinski definition) is 2. The fourth-order valence-corrected chi connectivity index (χ4v) is 3.58. The summed E-state index contributed by atoms with van der Waals surface area (Å²) in [6, 6.07) is 7.52. The minimum atomic E-state index is -0.237. The molecule has 9 nitrogen and oxygen atoms in total. The zero-order valence-corrected chi connectivity index (χ0v) is 16.4. The molecule has 9 heteroatoms. The van der Waals surface area contributed by atoms with E-state index in [2.05, 4.69) is 32.1 Å². The van der Waals surface area contributed by atoms with Gasteiger partial charge in [-0.25, -0.2) is 0 Å². The molecule has 3 N–H and O–H groups in total. The third-order valence-corrected chi connectivity index (χ3v) is 4.89. The van der Waals surface area contributed by atoms with E-state index in [1.54, 1.807) is 0 Å². The van der Waals surface area contributed by atoms with Crippen LogP contribution in [0.1, 0.15) is 31.5 Å². The van der Waals surface area contributed by atoms with E-state index in [-0.39, 0.29) is 5.56 Å². The van der Waals surface area contributed by atoms with Crippen LogP contribution in [0.2, 0.25) is 0 Å². The maximum absolute atomic E-state index is 12.8. The van der Waals surface area contributed by atoms with Gasteiger partial charge in [0.1, 0.15) is 5.65 Å². The van der Waals surface area contributed by atoms with E-state index in [4.69, 9.17) is 5.84 Å². The minimum Gasteiger partial charge on any atom is -0.339 e. The molecule has 3 aromatic heterocycles. The van der Waals surface area contributed by atoms with E-state index in [1.165, 1.54) is 10.6 Å². The van der Waals surface area contributed by atoms with Gasteiger partial charge in [0.25, 0.3) is 5.56 Å². The maximum atomic E-state index is 12.8. The van der Waals surface area contributed by atoms with Crippen molar-refractivity contribution in [2.75, 3.05) is 0 Å². The molecule has 4 rings (SSSR count). The summed E-state index contributed by atoms with van der Waals surface area (Å²) in [6.07, 6.45) is 3.37. The lowest BCUT2D eigenvalue weighted by molar-refractivity contribution is 0.684. The van der Waals surface area contributed by atoms with Gasteiger partial charge in [-0.3, -0.25) is 9.48 Å². The fraction of sp³-hybridized carbons (Fsp3) is 0.250. The molecule has 0 aliphatic heterocycles. The number of benzene rings is 1. The van der Waals surface area contributed by atoms with Crippen molar-refractivity contribution in [3.8, 4) is 11.3 Å². The predicted molar refractivity (Wildman–Crippen MR) is 112 cm³/mol. The standard InChI is InChI=1S/C20H22N8O/c1-4-6-15-19(12(3)24-26-21)20-23-16(10-18(29)28(20)25-15)13-7-8-17-14(9-13)11-22-27(17)5-2/h7-11,23H,3-6H2,1-2H3,(H2,21,24). The zero-order chi connectivity index (χ0) is 20.5. The molecule has 0 atom stereocenters. The van der Waals surface area contributed by atoms with Crippen LogP contribution in [0.3, 0.4) is 0 Å². The van der Waals surface area contributed by atoms with Crippen molar-refractivity contribution < 1.29 is 0 Å². The average molecular weight is 390 g/mol. The Morgan fingerprint density at radius 2 is 2.14 bits per heavy atom. The first-order valence-corrected chi connectivity index (χ1v) is 9.48. The minimum absolute atomic E-state index is 0.237. The summed E-state index contributed by atoms with van der Waals surface area (Å²) in [6.45, 7) is 8.82. The summed E-state index contributed by atoms with van der Waals surface area (Å²) in [7, 11) is 0. The van der Waals surface area contributed by atoms with Gasteiger partial charge in [-0.1, -0.05) is 31.2 Å². The first-order valence-electron chi connectivity index (χ1n) is 9.48. The number of nitrogens with two attached hydrogens (primary N) is 1. The van der Waals surface area contributed by atoms with Crippen LogP contribution in [-0.4, -0.2) is 24.4 Å². The molecule has 0 unspecified atom stereocenters. The number of nitrogens with one attached hydrogen (secondary N) is 1. The summed E-state index contributed by atoms with van der Waals surface area (Å²) in [5, 5.41) is 17.1. The number of H-pyrrole nitrogens is 1. The van der Waals surface area contributed by atoms with Gasteiger partial charge in [0, 0.05) is 18.0 Å². The highest BCUT2D eigenvalue weighted by molar-refractivity contribution is 5.84. The molecule has 29 heavy (non-hydrogen) atoms. The summed E-state index contributed by atoms with van der Waals surface area (Å²) < 4.78 is 3.27. The van der Waals surface area contributed by atoms with E-state index in [0.717, 1.165) is 35.1 Å². The number of aromatic nitrogens is 5. The lowest BCUT2D eigenvalue weighted by Gasteiger charge is -2.06. The quantitative estimate of drug-likeness (QED) is 0.298. The van der Waals surface area contributed by atoms with Gasteiger partial charge in [-0.15, -0.1) is 5.11 Å². The highest BCUT2D eigenvalue weighted by atomic mass is 16.1. The van der Waals surface area contributed by atoms with Crippen LogP contribution < -0.4 is 11.4 Å². The summed E-state index contributed by atoms with van der Waals surface area (Å²) >= 11 is 0. The van der Waals surface area contributed by atoms with Gasteiger partial charge in [0.15, 0.2) is 0 Å². The van der Waals surface area contributed by atoms with Gasteiger partial charge >= 0.3 is 0 Å². The Kier molecular flexibility index (Phi) is 4.71. The van der Waals surface area contributed by atoms with Crippen LogP contribution in [0.25, 0.3) is 33.5 Å². The first-order chi connectivity index (χ1) is 14.1. The van der Waals surface area contributed by atoms with Crippen molar-refractivity contribution in [3.63, 3.8) is 0 Å². The van der Waals surface area contributed by atoms with Crippen molar-refractivity contribution in [2.24, 2.45) is 16.2 Å². The van der Waals surface area contributed by atoms with Crippen LogP contribution >= 0.6 is 0 Å². The molecule has 0 amide bonds. The van der Waals surface area contributed by atoms with Gasteiger partial charge in [-0.05, 0) is 31.0 Å². The van der Waals surface area contributed by atoms with E-state index in [9.17, 15) is 4.79 Å². The Morgan fingerprint density at radius 3 is 2.86 bits per heavy atom. The molecule has 0 spiro atoms. The highest BCUT2D eigenvalue weighted by Gasteiger charge is 2.18. The van der Waals surface area contributed by atoms with E-state index in [1.807, 2.05) is 42.9 Å². The Morgan fingerprint density at radius 1 is 1.31 bits per heavy atom. The molecule has 0 saturated heterocycles. The summed E-state index contributed by atoms with van der Waals surface area (Å²) in [5.74, 6) is 5.21. The third-order valence-electron chi connectivity index (χ3n) is 4.89. The van der Waals surface area contributed by atoms with Crippen molar-refractivity contribution >= 4 is 22.2 Å². The Hall–Kier alpha value is -3.75. The van der Waals surface area contributed by atoms with Crippen LogP contribution in [0.4, 0.5) is 0 Å². The molecule has 0 aliphatic carbocycles. The molecule has 0 aliphatic rings. The largest absolute Gasteiger partial charge is 0.339 e. The predicted octanol–water partition coefficient (Wildman–Crippen LogP) is 3.31. The Labute approximate surface area is 166 Å². The number of nitrogens with zero attached hydrogens (tertiary/aromatic N) is 6. The number of fused-ring (bicyclic) bond motifs is 2. The second kappa shape index (κ2) is 7.34. The number of hydrogen-bond acceptors (Lipinski definition) is 5. The summed E-state index contributed by atoms with van der Waals surface area (Å²) in [5.41, 5.74) is 4.63. The third kappa shape index (κ3) is 3.10. The van der Waals surface area contributed by atoms with Crippen molar-refractivity contribution in [3.05, 3.63) is 58.7 Å². The number of rotatable bonds is 6. The van der Waals surface area contributed by atoms with Crippen LogP contribution in [0.5, 0.6) is 0 Å². The Balaban J connectivity index is 1.93. The second-order valence-electron chi connectivity index (χ2n) is 6.75. The molecule has 0 radical (unpaired) electrons. The van der Waals surface area contributed by atoms with E-state index >= 15 is 0 Å². The molecule has 0 bridgehead atoms. The van der Waals surface area contributed by atoms with Crippen LogP contribution in [-0.2, 0) is 13.0 Å². The monoisotopic (exact) mass is 390 g/mol. The van der Waals surface area contributed by atoms with E-state index < -0.39 is 0 Å². The zero-order valence-electron chi connectivity index (χ0n) is 16.4.